The number of nitrogens with zero attached hydrogens (tertiary/aromatic N) is 5. The Morgan fingerprint density at radius 2 is 1.28 bits per heavy atom. The highest BCUT2D eigenvalue weighted by Crippen LogP contribution is 2.20. The highest BCUT2D eigenvalue weighted by Gasteiger charge is 2.21. The summed E-state index contributed by atoms with van der Waals surface area (Å²) in [6.07, 6.45) is 0. The Bertz CT molecular complexity index is 1400. The second kappa shape index (κ2) is 12.4. The van der Waals surface area contributed by atoms with Crippen LogP contribution >= 0.6 is 12.2 Å². The van der Waals surface area contributed by atoms with Crippen LogP contribution in [0.1, 0.15) is 11.4 Å². The van der Waals surface area contributed by atoms with Crippen LogP contribution in [0.5, 0.6) is 0 Å². The molecule has 1 aliphatic heterocycles. The number of aromatic nitrogens is 2. The van der Waals surface area contributed by atoms with Crippen molar-refractivity contribution >= 4 is 52.0 Å². The van der Waals surface area contributed by atoms with Crippen LogP contribution in [0.4, 0.5) is 28.7 Å². The molecule has 0 radical (unpaired) electrons. The van der Waals surface area contributed by atoms with Gasteiger partial charge in [-0.3, -0.25) is 5.32 Å². The molecule has 0 bridgehead atoms. The van der Waals surface area contributed by atoms with Gasteiger partial charge in [0.05, 0.1) is 0 Å². The zero-order valence-electron chi connectivity index (χ0n) is 22.1. The molecule has 1 aliphatic rings. The Kier molecular flexibility index (Phi) is 8.28. The molecule has 8 nitrogen and oxygen atoms in total. The van der Waals surface area contributed by atoms with E-state index in [9.17, 15) is 0 Å². The number of guanidine groups is 1. The molecule has 0 spiro atoms. The molecule has 9 heteroatoms. The Balaban J connectivity index is 1.29. The van der Waals surface area contributed by atoms with Gasteiger partial charge in [0.1, 0.15) is 0 Å². The lowest BCUT2D eigenvalue weighted by Gasteiger charge is -2.37. The lowest BCUT2D eigenvalue weighted by Crippen LogP contribution is -2.51. The molecule has 39 heavy (non-hydrogen) atoms. The van der Waals surface area contributed by atoms with Crippen LogP contribution in [0.3, 0.4) is 0 Å². The van der Waals surface area contributed by atoms with E-state index in [-0.39, 0.29) is 0 Å². The molecule has 198 valence electrons. The molecule has 3 aromatic carbocycles. The number of hydrogen-bond donors (Lipinski definition) is 3. The van der Waals surface area contributed by atoms with Crippen molar-refractivity contribution in [3.8, 4) is 0 Å². The van der Waals surface area contributed by atoms with Crippen LogP contribution in [-0.2, 0) is 0 Å². The maximum Gasteiger partial charge on any atom is 0.229 e. The van der Waals surface area contributed by atoms with Gasteiger partial charge in [0.15, 0.2) is 0 Å². The van der Waals surface area contributed by atoms with Crippen LogP contribution in [-0.4, -0.2) is 52.1 Å². The molecule has 4 aromatic rings. The van der Waals surface area contributed by atoms with Gasteiger partial charge in [-0.1, -0.05) is 36.4 Å². The normalized spacial score (nSPS) is 13.6. The maximum atomic E-state index is 5.65. The molecule has 0 amide bonds. The van der Waals surface area contributed by atoms with E-state index >= 15 is 0 Å². The van der Waals surface area contributed by atoms with E-state index < -0.39 is 0 Å². The maximum absolute atomic E-state index is 5.65. The zero-order chi connectivity index (χ0) is 27.0. The number of anilines is 5. The summed E-state index contributed by atoms with van der Waals surface area (Å²) in [6.45, 7) is 7.22. The second-order valence-corrected chi connectivity index (χ2v) is 9.73. The van der Waals surface area contributed by atoms with Gasteiger partial charge in [-0.05, 0) is 80.7 Å². The van der Waals surface area contributed by atoms with Gasteiger partial charge in [-0.15, -0.1) is 0 Å². The van der Waals surface area contributed by atoms with Crippen LogP contribution in [0, 0.1) is 13.8 Å². The molecular formula is C30H32N8S. The first kappa shape index (κ1) is 26.1. The lowest BCUT2D eigenvalue weighted by atomic mass is 10.2. The number of aliphatic imine (C=N–C) groups is 1. The molecule has 0 aliphatic carbocycles. The van der Waals surface area contributed by atoms with E-state index in [4.69, 9.17) is 17.2 Å². The number of benzene rings is 3. The standard InChI is InChI=1S/C30H32N8S/c1-22-21-23(2)32-28(31-22)35-29(38-19-17-37(18-20-38)27-11-7-4-8-12-27)36-30(39)34-26-15-13-25(14-16-26)33-24-9-5-3-6-10-24/h3-16,21,33H,17-20H2,1-2H3,(H2,31,32,34,35,36,39). The summed E-state index contributed by atoms with van der Waals surface area (Å²) in [4.78, 5) is 18.5. The van der Waals surface area contributed by atoms with Gasteiger partial charge in [-0.2, -0.15) is 4.99 Å². The zero-order valence-corrected chi connectivity index (χ0v) is 22.9. The average Bonchev–Trinajstić information content (AvgIpc) is 2.94. The van der Waals surface area contributed by atoms with E-state index in [0.29, 0.717) is 17.0 Å². The van der Waals surface area contributed by atoms with Gasteiger partial charge in [0.25, 0.3) is 0 Å². The number of rotatable bonds is 5. The van der Waals surface area contributed by atoms with Gasteiger partial charge >= 0.3 is 0 Å². The lowest BCUT2D eigenvalue weighted by molar-refractivity contribution is 0.385. The van der Waals surface area contributed by atoms with Crippen molar-refractivity contribution in [3.05, 3.63) is 102 Å². The molecule has 0 unspecified atom stereocenters. The van der Waals surface area contributed by atoms with Gasteiger partial charge in [0, 0.05) is 60.3 Å². The van der Waals surface area contributed by atoms with Crippen LogP contribution in [0.25, 0.3) is 0 Å². The van der Waals surface area contributed by atoms with Crippen LogP contribution in [0.15, 0.2) is 96.0 Å². The van der Waals surface area contributed by atoms with E-state index in [1.54, 1.807) is 0 Å². The largest absolute Gasteiger partial charge is 0.368 e. The van der Waals surface area contributed by atoms with Crippen molar-refractivity contribution in [1.29, 1.82) is 0 Å². The van der Waals surface area contributed by atoms with Gasteiger partial charge in [-0.25, -0.2) is 9.97 Å². The first-order valence-corrected chi connectivity index (χ1v) is 13.4. The average molecular weight is 537 g/mol. The first-order valence-electron chi connectivity index (χ1n) is 13.0. The topological polar surface area (TPSA) is 80.7 Å². The minimum atomic E-state index is 0.358. The van der Waals surface area contributed by atoms with Crippen molar-refractivity contribution in [3.63, 3.8) is 0 Å². The fraction of sp³-hybridized carbons (Fsp3) is 0.200. The SMILES string of the molecule is Cc1cc(C)nc(N/C(=N/C(=S)Nc2ccc(Nc3ccccc3)cc2)N2CCN(c3ccccc3)CC2)n1. The van der Waals surface area contributed by atoms with Crippen molar-refractivity contribution < 1.29 is 0 Å². The van der Waals surface area contributed by atoms with Crippen molar-refractivity contribution in [2.24, 2.45) is 4.99 Å². The predicted octanol–water partition coefficient (Wildman–Crippen LogP) is 5.82. The molecule has 5 rings (SSSR count). The summed E-state index contributed by atoms with van der Waals surface area (Å²) in [6, 6.07) is 30.5. The van der Waals surface area contributed by atoms with Crippen molar-refractivity contribution in [2.75, 3.05) is 47.0 Å². The first-order chi connectivity index (χ1) is 19.0. The van der Waals surface area contributed by atoms with Gasteiger partial charge in [0.2, 0.25) is 17.0 Å². The number of para-hydroxylation sites is 2. The number of piperazine rings is 1. The number of hydrogen-bond acceptors (Lipinski definition) is 5. The fourth-order valence-corrected chi connectivity index (χ4v) is 4.65. The molecule has 1 aromatic heterocycles. The monoisotopic (exact) mass is 536 g/mol. The second-order valence-electron chi connectivity index (χ2n) is 9.34. The van der Waals surface area contributed by atoms with Crippen molar-refractivity contribution in [2.45, 2.75) is 13.8 Å². The summed E-state index contributed by atoms with van der Waals surface area (Å²) in [5.74, 6) is 1.14. The van der Waals surface area contributed by atoms with Crippen LogP contribution in [0.2, 0.25) is 0 Å². The van der Waals surface area contributed by atoms with E-state index in [0.717, 1.165) is 54.6 Å². The quantitative estimate of drug-likeness (QED) is 0.167. The molecule has 1 fully saturated rings. The Morgan fingerprint density at radius 3 is 1.92 bits per heavy atom. The number of aryl methyl sites for hydroxylation is 2. The summed E-state index contributed by atoms with van der Waals surface area (Å²) >= 11 is 5.65. The third-order valence-corrected chi connectivity index (χ3v) is 6.51. The Morgan fingerprint density at radius 1 is 0.718 bits per heavy atom. The minimum Gasteiger partial charge on any atom is -0.368 e. The summed E-state index contributed by atoms with van der Waals surface area (Å²) in [7, 11) is 0. The summed E-state index contributed by atoms with van der Waals surface area (Å²) < 4.78 is 0. The van der Waals surface area contributed by atoms with E-state index in [2.05, 4.69) is 60.0 Å². The third kappa shape index (κ3) is 7.30. The molecule has 1 saturated heterocycles. The minimum absolute atomic E-state index is 0.358. The van der Waals surface area contributed by atoms with Crippen LogP contribution < -0.4 is 20.9 Å². The fourth-order valence-electron chi connectivity index (χ4n) is 4.45. The molecule has 3 N–H and O–H groups in total. The highest BCUT2D eigenvalue weighted by molar-refractivity contribution is 7.80. The Hall–Kier alpha value is -4.50. The summed E-state index contributed by atoms with van der Waals surface area (Å²) in [5.41, 5.74) is 5.90. The smallest absolute Gasteiger partial charge is 0.229 e. The molecule has 2 heterocycles. The van der Waals surface area contributed by atoms with E-state index in [1.165, 1.54) is 5.69 Å². The van der Waals surface area contributed by atoms with E-state index in [1.807, 2.05) is 80.6 Å². The molecule has 0 atom stereocenters. The predicted molar refractivity (Wildman–Crippen MR) is 165 cm³/mol. The molecule has 0 saturated carbocycles. The number of thiocarbonyl (C=S) groups is 1. The summed E-state index contributed by atoms with van der Waals surface area (Å²) in [5, 5.41) is 10.3. The Labute approximate surface area is 234 Å². The number of nitrogens with one attached hydrogen (secondary N) is 3. The molecular weight excluding hydrogens is 504 g/mol. The third-order valence-electron chi connectivity index (χ3n) is 6.31. The highest BCUT2D eigenvalue weighted by atomic mass is 32.1. The van der Waals surface area contributed by atoms with Crippen molar-refractivity contribution in [1.82, 2.24) is 14.9 Å². The van der Waals surface area contributed by atoms with Gasteiger partial charge < -0.3 is 20.4 Å².